The number of carboxylic acids is 1. The van der Waals surface area contributed by atoms with E-state index in [1.807, 2.05) is 12.1 Å². The zero-order chi connectivity index (χ0) is 23.5. The van der Waals surface area contributed by atoms with Crippen molar-refractivity contribution in [3.63, 3.8) is 0 Å². The molecule has 0 saturated carbocycles. The van der Waals surface area contributed by atoms with Crippen LogP contribution in [0.5, 0.6) is 0 Å². The summed E-state index contributed by atoms with van der Waals surface area (Å²) in [4.78, 5) is 40.1. The third-order valence-electron chi connectivity index (χ3n) is 6.32. The fourth-order valence-corrected chi connectivity index (χ4v) is 4.83. The number of rotatable bonds is 7. The Balaban J connectivity index is 1.82. The molecule has 0 bridgehead atoms. The quantitative estimate of drug-likeness (QED) is 0.378. The summed E-state index contributed by atoms with van der Waals surface area (Å²) in [7, 11) is 0. The highest BCUT2D eigenvalue weighted by Crippen LogP contribution is 2.41. The van der Waals surface area contributed by atoms with Crippen molar-refractivity contribution >= 4 is 35.2 Å². The van der Waals surface area contributed by atoms with Crippen molar-refractivity contribution in [2.75, 3.05) is 25.0 Å². The van der Waals surface area contributed by atoms with Crippen LogP contribution < -0.4 is 10.6 Å². The number of aromatic amines is 1. The van der Waals surface area contributed by atoms with Gasteiger partial charge in [0.25, 0.3) is 5.91 Å². The summed E-state index contributed by atoms with van der Waals surface area (Å²) in [5.41, 5.74) is 5.39. The van der Waals surface area contributed by atoms with E-state index in [1.165, 1.54) is 0 Å². The van der Waals surface area contributed by atoms with E-state index >= 15 is 0 Å². The Morgan fingerprint density at radius 3 is 2.70 bits per heavy atom. The monoisotopic (exact) mass is 451 g/mol. The molecule has 0 radical (unpaired) electrons. The maximum Gasteiger partial charge on any atom is 0.340 e. The molecular formula is C25H29N3O5. The second-order valence-corrected chi connectivity index (χ2v) is 8.44. The van der Waals surface area contributed by atoms with E-state index in [2.05, 4.69) is 21.7 Å². The fraction of sp³-hybridized carbons (Fsp3) is 0.400. The molecule has 3 heterocycles. The molecule has 4 rings (SSSR count). The van der Waals surface area contributed by atoms with E-state index in [-0.39, 0.29) is 25.4 Å². The van der Waals surface area contributed by atoms with E-state index in [9.17, 15) is 19.5 Å². The topological polar surface area (TPSA) is 121 Å². The molecule has 2 aliphatic heterocycles. The van der Waals surface area contributed by atoms with E-state index < -0.39 is 11.9 Å². The van der Waals surface area contributed by atoms with Gasteiger partial charge < -0.3 is 25.5 Å². The zero-order valence-corrected chi connectivity index (χ0v) is 18.9. The molecule has 4 N–H and O–H groups in total. The molecule has 0 spiro atoms. The molecule has 8 heteroatoms. The van der Waals surface area contributed by atoms with Crippen molar-refractivity contribution in [1.29, 1.82) is 0 Å². The van der Waals surface area contributed by atoms with Gasteiger partial charge in [-0.3, -0.25) is 9.59 Å². The molecule has 0 atom stereocenters. The maximum absolute atomic E-state index is 13.0. The van der Waals surface area contributed by atoms with Gasteiger partial charge in [0.2, 0.25) is 0 Å². The average molecular weight is 452 g/mol. The van der Waals surface area contributed by atoms with Crippen LogP contribution in [0.2, 0.25) is 0 Å². The number of benzene rings is 1. The molecule has 2 aliphatic rings. The van der Waals surface area contributed by atoms with Crippen LogP contribution in [0, 0.1) is 6.92 Å². The number of esters is 1. The second-order valence-electron chi connectivity index (χ2n) is 8.44. The first-order valence-corrected chi connectivity index (χ1v) is 11.4. The van der Waals surface area contributed by atoms with Gasteiger partial charge in [0.15, 0.2) is 0 Å². The zero-order valence-electron chi connectivity index (χ0n) is 18.9. The molecule has 1 aromatic carbocycles. The van der Waals surface area contributed by atoms with Gasteiger partial charge in [0.05, 0.1) is 17.7 Å². The smallest absolute Gasteiger partial charge is 0.340 e. The number of ether oxygens (including phenoxy) is 1. The van der Waals surface area contributed by atoms with Gasteiger partial charge in [-0.05, 0) is 75.4 Å². The minimum atomic E-state index is -0.959. The lowest BCUT2D eigenvalue weighted by Crippen LogP contribution is -2.27. The van der Waals surface area contributed by atoms with Crippen LogP contribution in [0.25, 0.3) is 11.6 Å². The van der Waals surface area contributed by atoms with E-state index in [1.54, 1.807) is 19.9 Å². The molecule has 0 unspecified atom stereocenters. The predicted octanol–water partition coefficient (Wildman–Crippen LogP) is 3.48. The third-order valence-corrected chi connectivity index (χ3v) is 6.32. The Labute approximate surface area is 192 Å². The van der Waals surface area contributed by atoms with Crippen LogP contribution in [0.1, 0.15) is 70.5 Å². The number of nitrogens with one attached hydrogen (secondary N) is 3. The van der Waals surface area contributed by atoms with Crippen LogP contribution in [-0.4, -0.2) is 47.6 Å². The van der Waals surface area contributed by atoms with Crippen LogP contribution in [0.3, 0.4) is 0 Å². The summed E-state index contributed by atoms with van der Waals surface area (Å²) in [6.07, 6.45) is 3.76. The maximum atomic E-state index is 13.0. The first kappa shape index (κ1) is 22.8. The molecule has 33 heavy (non-hydrogen) atoms. The lowest BCUT2D eigenvalue weighted by molar-refractivity contribution is -0.137. The molecule has 1 amide bonds. The lowest BCUT2D eigenvalue weighted by Gasteiger charge is -2.25. The number of piperidine rings is 1. The van der Waals surface area contributed by atoms with Gasteiger partial charge in [-0.2, -0.15) is 0 Å². The minimum Gasteiger partial charge on any atom is -0.481 e. The molecule has 2 aromatic rings. The summed E-state index contributed by atoms with van der Waals surface area (Å²) in [6, 6.07) is 5.95. The van der Waals surface area contributed by atoms with Gasteiger partial charge in [-0.25, -0.2) is 4.79 Å². The predicted molar refractivity (Wildman–Crippen MR) is 125 cm³/mol. The highest BCUT2D eigenvalue weighted by Gasteiger charge is 2.31. The number of amides is 1. The van der Waals surface area contributed by atoms with Crippen molar-refractivity contribution in [3.8, 4) is 0 Å². The third kappa shape index (κ3) is 4.57. The average Bonchev–Trinajstić information content (AvgIpc) is 3.28. The van der Waals surface area contributed by atoms with E-state index in [0.717, 1.165) is 42.7 Å². The van der Waals surface area contributed by atoms with Crippen molar-refractivity contribution in [2.45, 2.75) is 45.4 Å². The SMILES string of the molecule is CCOC(=O)c1c(C)[nH]c(C=C2C(=O)Nc3cccc(C4CCNCC4)c32)c1CCC(=O)O. The highest BCUT2D eigenvalue weighted by molar-refractivity contribution is 6.35. The van der Waals surface area contributed by atoms with Crippen LogP contribution in [-0.2, 0) is 20.7 Å². The van der Waals surface area contributed by atoms with Crippen molar-refractivity contribution in [3.05, 3.63) is 51.8 Å². The van der Waals surface area contributed by atoms with E-state index in [0.29, 0.717) is 34.0 Å². The number of carbonyl (C=O) groups excluding carboxylic acids is 2. The number of aryl methyl sites for hydroxylation is 1. The Morgan fingerprint density at radius 2 is 2.00 bits per heavy atom. The number of carboxylic acid groups (broad SMARTS) is 1. The fourth-order valence-electron chi connectivity index (χ4n) is 4.83. The molecule has 1 saturated heterocycles. The lowest BCUT2D eigenvalue weighted by atomic mass is 9.85. The van der Waals surface area contributed by atoms with Crippen molar-refractivity contribution < 1.29 is 24.2 Å². The standard InChI is InChI=1S/C25H29N3O5/c1-3-33-25(32)22-14(2)27-20(17(22)7-8-21(29)30)13-18-23-16(15-9-11-26-12-10-15)5-4-6-19(23)28-24(18)31/h4-6,13,15,26-27H,3,7-12H2,1-2H3,(H,28,31)(H,29,30). The van der Waals surface area contributed by atoms with Gasteiger partial charge in [0.1, 0.15) is 0 Å². The summed E-state index contributed by atoms with van der Waals surface area (Å²) < 4.78 is 5.20. The number of carbonyl (C=O) groups is 3. The number of fused-ring (bicyclic) bond motifs is 1. The number of aromatic nitrogens is 1. The first-order chi connectivity index (χ1) is 15.9. The number of aliphatic carboxylic acids is 1. The largest absolute Gasteiger partial charge is 0.481 e. The van der Waals surface area contributed by atoms with Gasteiger partial charge in [0, 0.05) is 29.1 Å². The number of anilines is 1. The number of hydrogen-bond donors (Lipinski definition) is 4. The molecule has 1 fully saturated rings. The minimum absolute atomic E-state index is 0.136. The molecule has 174 valence electrons. The van der Waals surface area contributed by atoms with Crippen molar-refractivity contribution in [1.82, 2.24) is 10.3 Å². The van der Waals surface area contributed by atoms with Gasteiger partial charge in [-0.1, -0.05) is 12.1 Å². The summed E-state index contributed by atoms with van der Waals surface area (Å²) in [5.74, 6) is -1.31. The van der Waals surface area contributed by atoms with Crippen LogP contribution in [0.4, 0.5) is 5.69 Å². The molecular weight excluding hydrogens is 422 g/mol. The molecule has 8 nitrogen and oxygen atoms in total. The summed E-state index contributed by atoms with van der Waals surface area (Å²) in [5, 5.41) is 15.6. The first-order valence-electron chi connectivity index (χ1n) is 11.4. The van der Waals surface area contributed by atoms with E-state index in [4.69, 9.17) is 4.74 Å². The number of H-pyrrole nitrogens is 1. The second kappa shape index (κ2) is 9.62. The Hall–Kier alpha value is -3.39. The summed E-state index contributed by atoms with van der Waals surface area (Å²) in [6.45, 7) is 5.57. The highest BCUT2D eigenvalue weighted by atomic mass is 16.5. The normalized spacial score (nSPS) is 17.2. The van der Waals surface area contributed by atoms with Crippen LogP contribution in [0.15, 0.2) is 18.2 Å². The van der Waals surface area contributed by atoms with Crippen molar-refractivity contribution in [2.24, 2.45) is 0 Å². The van der Waals surface area contributed by atoms with Gasteiger partial charge in [-0.15, -0.1) is 0 Å². The Morgan fingerprint density at radius 1 is 1.24 bits per heavy atom. The number of hydrogen-bond acceptors (Lipinski definition) is 5. The molecule has 0 aliphatic carbocycles. The van der Waals surface area contributed by atoms with Crippen LogP contribution >= 0.6 is 0 Å². The van der Waals surface area contributed by atoms with Gasteiger partial charge >= 0.3 is 11.9 Å². The Kier molecular flexibility index (Phi) is 6.65. The molecule has 1 aromatic heterocycles. The Bertz CT molecular complexity index is 1130. The summed E-state index contributed by atoms with van der Waals surface area (Å²) >= 11 is 0.